The summed E-state index contributed by atoms with van der Waals surface area (Å²) in [7, 11) is 0. The molecule has 4 rings (SSSR count). The Labute approximate surface area is 254 Å². The van der Waals surface area contributed by atoms with Crippen LogP contribution in [0.1, 0.15) is 49.4 Å². The van der Waals surface area contributed by atoms with Gasteiger partial charge in [-0.1, -0.05) is 43.1 Å². The lowest BCUT2D eigenvalue weighted by molar-refractivity contribution is -0.147. The standard InChI is InChI=1S/C30H37Cl2F3N4O3/c1-19(2)14-25(36)23-16-21(30(33,34)35)5-7-26(23)37-9-11-38(12-10-37)29(41)27(39-8-3-13-42-18-28(39)40)15-20-4-6-22(31)17-24(20)32/h4-7,16-17,19,25,27H,3,8-15,18,36H2,1-2H3. The van der Waals surface area contributed by atoms with Crippen molar-refractivity contribution in [1.82, 2.24) is 9.80 Å². The van der Waals surface area contributed by atoms with Gasteiger partial charge < -0.3 is 25.2 Å². The first-order chi connectivity index (χ1) is 19.8. The highest BCUT2D eigenvalue weighted by Crippen LogP contribution is 2.37. The Balaban J connectivity index is 1.55. The lowest BCUT2D eigenvalue weighted by Crippen LogP contribution is -2.57. The number of hydrogen-bond donors (Lipinski definition) is 1. The third-order valence-electron chi connectivity index (χ3n) is 7.73. The molecule has 2 aliphatic heterocycles. The Morgan fingerprint density at radius 2 is 1.76 bits per heavy atom. The lowest BCUT2D eigenvalue weighted by atomic mass is 9.94. The summed E-state index contributed by atoms with van der Waals surface area (Å²) in [6, 6.07) is 7.43. The molecule has 7 nitrogen and oxygen atoms in total. The summed E-state index contributed by atoms with van der Waals surface area (Å²) in [6.45, 7) is 6.15. The van der Waals surface area contributed by atoms with Crippen molar-refractivity contribution in [3.05, 3.63) is 63.1 Å². The Hall–Kier alpha value is -2.53. The second-order valence-electron chi connectivity index (χ2n) is 11.3. The molecule has 0 bridgehead atoms. The van der Waals surface area contributed by atoms with Gasteiger partial charge in [0, 0.05) is 67.5 Å². The van der Waals surface area contributed by atoms with Gasteiger partial charge in [-0.05, 0) is 60.2 Å². The number of nitrogens with zero attached hydrogens (tertiary/aromatic N) is 3. The minimum absolute atomic E-state index is 0.0980. The van der Waals surface area contributed by atoms with Gasteiger partial charge in [-0.25, -0.2) is 0 Å². The van der Waals surface area contributed by atoms with Crippen LogP contribution >= 0.6 is 23.2 Å². The number of anilines is 1. The number of carbonyl (C=O) groups excluding carboxylic acids is 2. The SMILES string of the molecule is CC(C)CC(N)c1cc(C(F)(F)F)ccc1N1CCN(C(=O)C(Cc2ccc(Cl)cc2Cl)N2CCCOCC2=O)CC1. The van der Waals surface area contributed by atoms with E-state index in [-0.39, 0.29) is 30.8 Å². The van der Waals surface area contributed by atoms with E-state index in [1.165, 1.54) is 6.07 Å². The maximum absolute atomic E-state index is 14.0. The highest BCUT2D eigenvalue weighted by molar-refractivity contribution is 6.35. The van der Waals surface area contributed by atoms with Crippen LogP contribution in [0, 0.1) is 5.92 Å². The highest BCUT2D eigenvalue weighted by Gasteiger charge is 2.37. The van der Waals surface area contributed by atoms with Gasteiger partial charge in [0.2, 0.25) is 11.8 Å². The van der Waals surface area contributed by atoms with Crippen LogP contribution in [-0.4, -0.2) is 73.6 Å². The minimum atomic E-state index is -4.48. The van der Waals surface area contributed by atoms with Gasteiger partial charge in [0.1, 0.15) is 12.6 Å². The molecule has 42 heavy (non-hydrogen) atoms. The largest absolute Gasteiger partial charge is 0.416 e. The number of alkyl halides is 3. The van der Waals surface area contributed by atoms with Crippen LogP contribution in [0.25, 0.3) is 0 Å². The molecule has 0 aliphatic carbocycles. The highest BCUT2D eigenvalue weighted by atomic mass is 35.5. The second-order valence-corrected chi connectivity index (χ2v) is 12.1. The Kier molecular flexibility index (Phi) is 10.7. The van der Waals surface area contributed by atoms with Crippen molar-refractivity contribution in [3.63, 3.8) is 0 Å². The maximum Gasteiger partial charge on any atom is 0.416 e. The van der Waals surface area contributed by atoms with Crippen molar-refractivity contribution in [1.29, 1.82) is 0 Å². The van der Waals surface area contributed by atoms with Crippen LogP contribution in [0.2, 0.25) is 10.0 Å². The zero-order valence-electron chi connectivity index (χ0n) is 23.8. The monoisotopic (exact) mass is 628 g/mol. The smallest absolute Gasteiger partial charge is 0.372 e. The maximum atomic E-state index is 14.0. The first-order valence-electron chi connectivity index (χ1n) is 14.2. The van der Waals surface area contributed by atoms with Crippen LogP contribution in [0.5, 0.6) is 0 Å². The van der Waals surface area contributed by atoms with E-state index in [9.17, 15) is 22.8 Å². The van der Waals surface area contributed by atoms with Crippen molar-refractivity contribution >= 4 is 40.7 Å². The van der Waals surface area contributed by atoms with Gasteiger partial charge in [-0.2, -0.15) is 13.2 Å². The summed E-state index contributed by atoms with van der Waals surface area (Å²) in [6.07, 6.45) is -3.12. The molecule has 2 aromatic rings. The van der Waals surface area contributed by atoms with Crippen molar-refractivity contribution < 1.29 is 27.5 Å². The first kappa shape index (κ1) is 32.4. The van der Waals surface area contributed by atoms with Gasteiger partial charge in [0.15, 0.2) is 0 Å². The lowest BCUT2D eigenvalue weighted by Gasteiger charge is -2.40. The first-order valence-corrected chi connectivity index (χ1v) is 14.9. The Morgan fingerprint density at radius 1 is 1.05 bits per heavy atom. The molecule has 0 aromatic heterocycles. The zero-order chi connectivity index (χ0) is 30.6. The molecule has 2 fully saturated rings. The summed E-state index contributed by atoms with van der Waals surface area (Å²) >= 11 is 12.5. The number of piperazine rings is 1. The molecule has 0 spiro atoms. The number of benzene rings is 2. The molecule has 2 saturated heterocycles. The summed E-state index contributed by atoms with van der Waals surface area (Å²) in [5.74, 6) is -0.266. The van der Waals surface area contributed by atoms with Crippen LogP contribution < -0.4 is 10.6 Å². The van der Waals surface area contributed by atoms with Crippen molar-refractivity contribution in [3.8, 4) is 0 Å². The van der Waals surface area contributed by atoms with E-state index >= 15 is 0 Å². The molecule has 0 radical (unpaired) electrons. The molecule has 2 unspecified atom stereocenters. The molecular formula is C30H37Cl2F3N4O3. The molecule has 230 valence electrons. The van der Waals surface area contributed by atoms with Crippen molar-refractivity contribution in [2.75, 3.05) is 50.8 Å². The van der Waals surface area contributed by atoms with Gasteiger partial charge in [0.25, 0.3) is 0 Å². The molecule has 2 heterocycles. The number of ether oxygens (including phenoxy) is 1. The van der Waals surface area contributed by atoms with Gasteiger partial charge >= 0.3 is 6.18 Å². The van der Waals surface area contributed by atoms with Crippen LogP contribution in [0.4, 0.5) is 18.9 Å². The summed E-state index contributed by atoms with van der Waals surface area (Å²) < 4.78 is 46.0. The molecule has 2 atom stereocenters. The Bertz CT molecular complexity index is 1270. The fraction of sp³-hybridized carbons (Fsp3) is 0.533. The number of halogens is 5. The average molecular weight is 630 g/mol. The fourth-order valence-corrected chi connectivity index (χ4v) is 6.07. The molecule has 12 heteroatoms. The number of amides is 2. The van der Waals surface area contributed by atoms with E-state index in [0.29, 0.717) is 79.0 Å². The van der Waals surface area contributed by atoms with E-state index < -0.39 is 23.8 Å². The number of hydrogen-bond acceptors (Lipinski definition) is 5. The van der Waals surface area contributed by atoms with Gasteiger partial charge in [-0.3, -0.25) is 9.59 Å². The molecule has 2 amide bonds. The van der Waals surface area contributed by atoms with Crippen molar-refractivity contribution in [2.45, 2.75) is 51.4 Å². The normalized spacial score (nSPS) is 18.3. The van der Waals surface area contributed by atoms with Crippen LogP contribution in [-0.2, 0) is 26.9 Å². The van der Waals surface area contributed by atoms with E-state index in [0.717, 1.165) is 12.1 Å². The fourth-order valence-electron chi connectivity index (χ4n) is 5.59. The molecular weight excluding hydrogens is 592 g/mol. The topological polar surface area (TPSA) is 79.1 Å². The van der Waals surface area contributed by atoms with Gasteiger partial charge in [-0.15, -0.1) is 0 Å². The van der Waals surface area contributed by atoms with Gasteiger partial charge in [0.05, 0.1) is 5.56 Å². The summed E-state index contributed by atoms with van der Waals surface area (Å²) in [5, 5.41) is 0.883. The Morgan fingerprint density at radius 3 is 2.40 bits per heavy atom. The molecule has 2 aliphatic rings. The number of carbonyl (C=O) groups is 2. The third kappa shape index (κ3) is 7.89. The minimum Gasteiger partial charge on any atom is -0.372 e. The summed E-state index contributed by atoms with van der Waals surface area (Å²) in [5.41, 5.74) is 7.47. The zero-order valence-corrected chi connectivity index (χ0v) is 25.3. The van der Waals surface area contributed by atoms with E-state index in [1.54, 1.807) is 28.0 Å². The molecule has 0 saturated carbocycles. The van der Waals surface area contributed by atoms with E-state index in [4.69, 9.17) is 33.7 Å². The second kappa shape index (κ2) is 13.8. The number of nitrogens with two attached hydrogens (primary N) is 1. The van der Waals surface area contributed by atoms with E-state index in [1.807, 2.05) is 18.7 Å². The predicted molar refractivity (Wildman–Crippen MR) is 158 cm³/mol. The summed E-state index contributed by atoms with van der Waals surface area (Å²) in [4.78, 5) is 32.2. The third-order valence-corrected chi connectivity index (χ3v) is 8.32. The number of rotatable bonds is 8. The average Bonchev–Trinajstić information content (AvgIpc) is 3.15. The molecule has 2 N–H and O–H groups in total. The van der Waals surface area contributed by atoms with E-state index in [2.05, 4.69) is 0 Å². The van der Waals surface area contributed by atoms with Crippen LogP contribution in [0.3, 0.4) is 0 Å². The van der Waals surface area contributed by atoms with Crippen molar-refractivity contribution in [2.24, 2.45) is 11.7 Å². The molecule has 2 aromatic carbocycles. The predicted octanol–water partition coefficient (Wildman–Crippen LogP) is 5.57. The quantitative estimate of drug-likeness (QED) is 0.414. The van der Waals surface area contributed by atoms with Crippen LogP contribution in [0.15, 0.2) is 36.4 Å².